The summed E-state index contributed by atoms with van der Waals surface area (Å²) in [5, 5.41) is 17.1. The van der Waals surface area contributed by atoms with E-state index >= 15 is 0 Å². The molecule has 2 heterocycles. The van der Waals surface area contributed by atoms with Gasteiger partial charge in [0.2, 0.25) is 5.91 Å². The fraction of sp³-hybridized carbons (Fsp3) is 0.520. The first kappa shape index (κ1) is 23.5. The van der Waals surface area contributed by atoms with Crippen molar-refractivity contribution in [3.05, 3.63) is 41.6 Å². The Morgan fingerprint density at radius 1 is 1.12 bits per heavy atom. The lowest BCUT2D eigenvalue weighted by Crippen LogP contribution is -2.18. The van der Waals surface area contributed by atoms with Crippen LogP contribution in [0.25, 0.3) is 11.4 Å². The number of benzene rings is 1. The first-order valence-electron chi connectivity index (χ1n) is 11.7. The van der Waals surface area contributed by atoms with Gasteiger partial charge >= 0.3 is 0 Å². The zero-order valence-corrected chi connectivity index (χ0v) is 21.1. The standard InChI is InChI=1S/C25H34N6OS/c1-17-15-21(30(5)29-17)26-22(32)16-33-24-28-27-23(31(24)20-9-7-6-8-10-20)18-11-13-19(14-12-18)25(2,3)4/h11-15,20H,6-10,16H2,1-5H3,(H,26,32). The maximum Gasteiger partial charge on any atom is 0.235 e. The molecule has 0 atom stereocenters. The average molecular weight is 467 g/mol. The summed E-state index contributed by atoms with van der Waals surface area (Å²) in [6, 6.07) is 10.9. The van der Waals surface area contributed by atoms with E-state index in [0.717, 1.165) is 35.1 Å². The molecule has 0 radical (unpaired) electrons. The lowest BCUT2D eigenvalue weighted by Gasteiger charge is -2.26. The van der Waals surface area contributed by atoms with E-state index in [-0.39, 0.29) is 17.1 Å². The minimum absolute atomic E-state index is 0.0720. The van der Waals surface area contributed by atoms with Gasteiger partial charge in [-0.05, 0) is 30.7 Å². The monoisotopic (exact) mass is 466 g/mol. The first-order valence-corrected chi connectivity index (χ1v) is 12.7. The van der Waals surface area contributed by atoms with Crippen molar-refractivity contribution in [2.24, 2.45) is 7.05 Å². The molecule has 1 aliphatic rings. The molecule has 0 spiro atoms. The van der Waals surface area contributed by atoms with Gasteiger partial charge < -0.3 is 5.32 Å². The summed E-state index contributed by atoms with van der Waals surface area (Å²) < 4.78 is 3.96. The van der Waals surface area contributed by atoms with Gasteiger partial charge in [-0.1, -0.05) is 76.1 Å². The number of carbonyl (C=O) groups is 1. The number of carbonyl (C=O) groups excluding carboxylic acids is 1. The molecule has 1 fully saturated rings. The number of anilines is 1. The second-order valence-electron chi connectivity index (χ2n) is 9.93. The maximum absolute atomic E-state index is 12.6. The number of rotatable bonds is 6. The minimum atomic E-state index is -0.0720. The first-order chi connectivity index (χ1) is 15.7. The minimum Gasteiger partial charge on any atom is -0.310 e. The molecule has 33 heavy (non-hydrogen) atoms. The Morgan fingerprint density at radius 3 is 2.42 bits per heavy atom. The molecule has 1 aromatic carbocycles. The Balaban J connectivity index is 1.55. The summed E-state index contributed by atoms with van der Waals surface area (Å²) in [4.78, 5) is 12.6. The van der Waals surface area contributed by atoms with Crippen molar-refractivity contribution in [2.45, 2.75) is 76.4 Å². The molecule has 3 aromatic rings. The molecule has 1 saturated carbocycles. The lowest BCUT2D eigenvalue weighted by molar-refractivity contribution is -0.113. The zero-order chi connectivity index (χ0) is 23.6. The zero-order valence-electron chi connectivity index (χ0n) is 20.3. The van der Waals surface area contributed by atoms with Gasteiger partial charge in [0.15, 0.2) is 11.0 Å². The van der Waals surface area contributed by atoms with Crippen LogP contribution in [0.5, 0.6) is 0 Å². The Hall–Kier alpha value is -2.61. The largest absolute Gasteiger partial charge is 0.310 e. The van der Waals surface area contributed by atoms with Crippen LogP contribution in [0.1, 0.15) is 70.2 Å². The second-order valence-corrected chi connectivity index (χ2v) is 10.9. The highest BCUT2D eigenvalue weighted by molar-refractivity contribution is 7.99. The maximum atomic E-state index is 12.6. The highest BCUT2D eigenvalue weighted by Gasteiger charge is 2.25. The molecule has 176 valence electrons. The SMILES string of the molecule is Cc1cc(NC(=O)CSc2nnc(-c3ccc(C(C)(C)C)cc3)n2C2CCCCC2)n(C)n1. The lowest BCUT2D eigenvalue weighted by atomic mass is 9.86. The van der Waals surface area contributed by atoms with Crippen LogP contribution in [0.3, 0.4) is 0 Å². The summed E-state index contributed by atoms with van der Waals surface area (Å²) in [6.07, 6.45) is 5.97. The molecule has 0 saturated heterocycles. The van der Waals surface area contributed by atoms with Crippen molar-refractivity contribution in [1.82, 2.24) is 24.5 Å². The Morgan fingerprint density at radius 2 is 1.82 bits per heavy atom. The highest BCUT2D eigenvalue weighted by atomic mass is 32.2. The van der Waals surface area contributed by atoms with Gasteiger partial charge in [-0.25, -0.2) is 0 Å². The van der Waals surface area contributed by atoms with Gasteiger partial charge in [0.1, 0.15) is 5.82 Å². The number of aryl methyl sites for hydroxylation is 2. The number of hydrogen-bond acceptors (Lipinski definition) is 5. The summed E-state index contributed by atoms with van der Waals surface area (Å²) >= 11 is 1.45. The summed E-state index contributed by atoms with van der Waals surface area (Å²) in [5.41, 5.74) is 3.35. The molecule has 1 N–H and O–H groups in total. The molecule has 4 rings (SSSR count). The molecule has 0 unspecified atom stereocenters. The number of nitrogens with one attached hydrogen (secondary N) is 1. The van der Waals surface area contributed by atoms with Crippen molar-refractivity contribution in [3.63, 3.8) is 0 Å². The van der Waals surface area contributed by atoms with E-state index in [9.17, 15) is 4.79 Å². The normalized spacial score (nSPS) is 15.1. The van der Waals surface area contributed by atoms with Crippen LogP contribution in [0, 0.1) is 6.92 Å². The van der Waals surface area contributed by atoms with Gasteiger partial charge in [0.05, 0.1) is 11.4 Å². The van der Waals surface area contributed by atoms with Gasteiger partial charge in [0.25, 0.3) is 0 Å². The van der Waals surface area contributed by atoms with E-state index in [1.54, 1.807) is 4.68 Å². The van der Waals surface area contributed by atoms with Crippen LogP contribution in [-0.2, 0) is 17.3 Å². The quantitative estimate of drug-likeness (QED) is 0.484. The summed E-state index contributed by atoms with van der Waals surface area (Å²) in [6.45, 7) is 8.57. The van der Waals surface area contributed by atoms with Gasteiger partial charge in [0, 0.05) is 24.7 Å². The summed E-state index contributed by atoms with van der Waals surface area (Å²) in [5.74, 6) is 1.80. The topological polar surface area (TPSA) is 77.6 Å². The van der Waals surface area contributed by atoms with E-state index in [4.69, 9.17) is 0 Å². The molecule has 1 amide bonds. The molecule has 0 bridgehead atoms. The third-order valence-electron chi connectivity index (χ3n) is 6.22. The van der Waals surface area contributed by atoms with Crippen LogP contribution >= 0.6 is 11.8 Å². The van der Waals surface area contributed by atoms with Crippen LogP contribution in [0.4, 0.5) is 5.82 Å². The molecule has 8 heteroatoms. The van der Waals surface area contributed by atoms with Crippen molar-refractivity contribution in [3.8, 4) is 11.4 Å². The van der Waals surface area contributed by atoms with Crippen LogP contribution in [-0.4, -0.2) is 36.2 Å². The van der Waals surface area contributed by atoms with Crippen LogP contribution in [0.15, 0.2) is 35.5 Å². The number of aromatic nitrogens is 5. The smallest absolute Gasteiger partial charge is 0.235 e. The van der Waals surface area contributed by atoms with Crippen LogP contribution < -0.4 is 5.32 Å². The van der Waals surface area contributed by atoms with Gasteiger partial charge in [-0.2, -0.15) is 5.10 Å². The molecule has 7 nitrogen and oxygen atoms in total. The fourth-order valence-electron chi connectivity index (χ4n) is 4.40. The summed E-state index contributed by atoms with van der Waals surface area (Å²) in [7, 11) is 1.83. The molecular formula is C25H34N6OS. The van der Waals surface area contributed by atoms with Crippen molar-refractivity contribution >= 4 is 23.5 Å². The Bertz CT molecular complexity index is 1100. The number of thioether (sulfide) groups is 1. The van der Waals surface area contributed by atoms with E-state index in [2.05, 4.69) is 70.2 Å². The average Bonchev–Trinajstić information content (AvgIpc) is 3.34. The molecule has 0 aliphatic heterocycles. The van der Waals surface area contributed by atoms with E-state index in [0.29, 0.717) is 11.9 Å². The predicted octanol–water partition coefficient (Wildman–Crippen LogP) is 5.52. The van der Waals surface area contributed by atoms with Crippen molar-refractivity contribution < 1.29 is 4.79 Å². The molecule has 1 aliphatic carbocycles. The van der Waals surface area contributed by atoms with E-state index in [1.165, 1.54) is 36.6 Å². The third kappa shape index (κ3) is 5.49. The predicted molar refractivity (Wildman–Crippen MR) is 134 cm³/mol. The van der Waals surface area contributed by atoms with Crippen LogP contribution in [0.2, 0.25) is 0 Å². The third-order valence-corrected chi connectivity index (χ3v) is 7.16. The van der Waals surface area contributed by atoms with Gasteiger partial charge in [-0.15, -0.1) is 10.2 Å². The highest BCUT2D eigenvalue weighted by Crippen LogP contribution is 2.36. The van der Waals surface area contributed by atoms with E-state index in [1.807, 2.05) is 20.0 Å². The number of hydrogen-bond donors (Lipinski definition) is 1. The van der Waals surface area contributed by atoms with Crippen molar-refractivity contribution in [2.75, 3.05) is 11.1 Å². The number of amides is 1. The number of nitrogens with zero attached hydrogens (tertiary/aromatic N) is 5. The molecule has 2 aromatic heterocycles. The molecular weight excluding hydrogens is 432 g/mol. The fourth-order valence-corrected chi connectivity index (χ4v) is 5.20. The van der Waals surface area contributed by atoms with E-state index < -0.39 is 0 Å². The Labute approximate surface area is 200 Å². The van der Waals surface area contributed by atoms with Crippen molar-refractivity contribution in [1.29, 1.82) is 0 Å². The second kappa shape index (κ2) is 9.71. The Kier molecular flexibility index (Phi) is 6.93. The van der Waals surface area contributed by atoms with Gasteiger partial charge in [-0.3, -0.25) is 14.0 Å².